The molecule has 5 nitrogen and oxygen atoms in total. The molecule has 1 unspecified atom stereocenters. The van der Waals surface area contributed by atoms with E-state index in [-0.39, 0.29) is 11.9 Å². The van der Waals surface area contributed by atoms with Gasteiger partial charge in [0.1, 0.15) is 5.82 Å². The SMILES string of the molecule is CCNN1CCNCC1c1[nH]nc2cc(F)ccc12. The highest BCUT2D eigenvalue weighted by Gasteiger charge is 2.26. The minimum Gasteiger partial charge on any atom is -0.313 e. The number of piperazine rings is 1. The molecule has 1 atom stereocenters. The average Bonchev–Trinajstić information content (AvgIpc) is 2.82. The number of rotatable bonds is 3. The van der Waals surface area contributed by atoms with Crippen LogP contribution < -0.4 is 10.7 Å². The molecule has 1 aromatic carbocycles. The van der Waals surface area contributed by atoms with Gasteiger partial charge >= 0.3 is 0 Å². The van der Waals surface area contributed by atoms with E-state index in [0.717, 1.165) is 37.3 Å². The molecule has 3 N–H and O–H groups in total. The van der Waals surface area contributed by atoms with Gasteiger partial charge in [0.2, 0.25) is 0 Å². The molecule has 19 heavy (non-hydrogen) atoms. The number of H-pyrrole nitrogens is 1. The predicted octanol–water partition coefficient (Wildman–Crippen LogP) is 1.17. The van der Waals surface area contributed by atoms with Crippen LogP contribution in [0.15, 0.2) is 18.2 Å². The number of nitrogens with one attached hydrogen (secondary N) is 3. The number of hydrogen-bond donors (Lipinski definition) is 3. The van der Waals surface area contributed by atoms with E-state index in [9.17, 15) is 4.39 Å². The van der Waals surface area contributed by atoms with Gasteiger partial charge in [-0.2, -0.15) is 5.10 Å². The van der Waals surface area contributed by atoms with Crippen molar-refractivity contribution in [2.45, 2.75) is 13.0 Å². The lowest BCUT2D eigenvalue weighted by Crippen LogP contribution is -2.52. The molecule has 0 amide bonds. The van der Waals surface area contributed by atoms with Crippen molar-refractivity contribution in [1.29, 1.82) is 0 Å². The fourth-order valence-electron chi connectivity index (χ4n) is 2.61. The highest BCUT2D eigenvalue weighted by Crippen LogP contribution is 2.26. The normalized spacial score (nSPS) is 21.1. The van der Waals surface area contributed by atoms with Gasteiger partial charge in [0.25, 0.3) is 0 Å². The smallest absolute Gasteiger partial charge is 0.125 e. The molecular formula is C13H18FN5. The Morgan fingerprint density at radius 3 is 3.26 bits per heavy atom. The number of aromatic nitrogens is 2. The molecule has 0 spiro atoms. The van der Waals surface area contributed by atoms with Crippen LogP contribution in [0.4, 0.5) is 4.39 Å². The Kier molecular flexibility index (Phi) is 3.46. The Labute approximate surface area is 111 Å². The van der Waals surface area contributed by atoms with E-state index in [2.05, 4.69) is 32.9 Å². The van der Waals surface area contributed by atoms with Crippen molar-refractivity contribution in [3.63, 3.8) is 0 Å². The van der Waals surface area contributed by atoms with Gasteiger partial charge in [-0.3, -0.25) is 10.5 Å². The van der Waals surface area contributed by atoms with Crippen molar-refractivity contribution in [3.05, 3.63) is 29.7 Å². The number of aromatic amines is 1. The Morgan fingerprint density at radius 2 is 2.42 bits per heavy atom. The van der Waals surface area contributed by atoms with E-state index >= 15 is 0 Å². The van der Waals surface area contributed by atoms with Crippen LogP contribution in [0.25, 0.3) is 10.9 Å². The molecule has 3 rings (SSSR count). The minimum atomic E-state index is -0.254. The number of nitrogens with zero attached hydrogens (tertiary/aromatic N) is 2. The van der Waals surface area contributed by atoms with Crippen LogP contribution in [0, 0.1) is 5.82 Å². The highest BCUT2D eigenvalue weighted by molar-refractivity contribution is 5.81. The first-order chi connectivity index (χ1) is 9.29. The van der Waals surface area contributed by atoms with Crippen LogP contribution in [-0.2, 0) is 0 Å². The summed E-state index contributed by atoms with van der Waals surface area (Å²) in [4.78, 5) is 0. The summed E-state index contributed by atoms with van der Waals surface area (Å²) >= 11 is 0. The van der Waals surface area contributed by atoms with Gasteiger partial charge in [-0.15, -0.1) is 0 Å². The van der Waals surface area contributed by atoms with Gasteiger partial charge in [0, 0.05) is 37.6 Å². The Balaban J connectivity index is 1.97. The Morgan fingerprint density at radius 1 is 1.53 bits per heavy atom. The molecule has 1 aliphatic rings. The van der Waals surface area contributed by atoms with Gasteiger partial charge in [-0.05, 0) is 12.1 Å². The van der Waals surface area contributed by atoms with Crippen molar-refractivity contribution in [1.82, 2.24) is 25.9 Å². The number of hydrogen-bond acceptors (Lipinski definition) is 4. The molecule has 0 bridgehead atoms. The summed E-state index contributed by atoms with van der Waals surface area (Å²) in [7, 11) is 0. The summed E-state index contributed by atoms with van der Waals surface area (Å²) in [6.07, 6.45) is 0. The number of hydrazine groups is 1. The van der Waals surface area contributed by atoms with Gasteiger partial charge in [-0.25, -0.2) is 9.40 Å². The molecule has 0 radical (unpaired) electrons. The average molecular weight is 263 g/mol. The topological polar surface area (TPSA) is 56.0 Å². The molecule has 102 valence electrons. The summed E-state index contributed by atoms with van der Waals surface area (Å²) < 4.78 is 13.2. The van der Waals surface area contributed by atoms with Crippen molar-refractivity contribution < 1.29 is 4.39 Å². The van der Waals surface area contributed by atoms with Crippen LogP contribution in [0.3, 0.4) is 0 Å². The third kappa shape index (κ3) is 2.34. The summed E-state index contributed by atoms with van der Waals surface area (Å²) in [6.45, 7) is 5.71. The lowest BCUT2D eigenvalue weighted by molar-refractivity contribution is 0.0981. The van der Waals surface area contributed by atoms with E-state index < -0.39 is 0 Å². The second-order valence-electron chi connectivity index (χ2n) is 4.72. The van der Waals surface area contributed by atoms with Gasteiger partial charge in [-0.1, -0.05) is 6.92 Å². The summed E-state index contributed by atoms with van der Waals surface area (Å²) in [6, 6.07) is 4.92. The first-order valence-electron chi connectivity index (χ1n) is 6.64. The van der Waals surface area contributed by atoms with Gasteiger partial charge in [0.05, 0.1) is 17.3 Å². The molecule has 2 heterocycles. The van der Waals surface area contributed by atoms with E-state index in [1.54, 1.807) is 6.07 Å². The van der Waals surface area contributed by atoms with Crippen molar-refractivity contribution >= 4 is 10.9 Å². The van der Waals surface area contributed by atoms with E-state index in [1.165, 1.54) is 12.1 Å². The van der Waals surface area contributed by atoms with Gasteiger partial charge < -0.3 is 5.32 Å². The summed E-state index contributed by atoms with van der Waals surface area (Å²) in [5.74, 6) is -0.254. The molecule has 0 aliphatic carbocycles. The van der Waals surface area contributed by atoms with Crippen molar-refractivity contribution in [3.8, 4) is 0 Å². The maximum absolute atomic E-state index is 13.2. The predicted molar refractivity (Wildman–Crippen MR) is 72.0 cm³/mol. The fourth-order valence-corrected chi connectivity index (χ4v) is 2.61. The lowest BCUT2D eigenvalue weighted by atomic mass is 10.1. The molecule has 1 aliphatic heterocycles. The second-order valence-corrected chi connectivity index (χ2v) is 4.72. The standard InChI is InChI=1S/C13H18FN5/c1-2-16-19-6-5-15-8-12(19)13-10-4-3-9(14)7-11(10)17-18-13/h3-4,7,12,15-16H,2,5-6,8H2,1H3,(H,17,18). The van der Waals surface area contributed by atoms with Crippen LogP contribution >= 0.6 is 0 Å². The number of halogens is 1. The Bertz CT molecular complexity index is 565. The Hall–Kier alpha value is -1.50. The zero-order chi connectivity index (χ0) is 13.2. The number of fused-ring (bicyclic) bond motifs is 1. The van der Waals surface area contributed by atoms with Crippen molar-refractivity contribution in [2.75, 3.05) is 26.2 Å². The van der Waals surface area contributed by atoms with Crippen LogP contribution in [0.5, 0.6) is 0 Å². The summed E-state index contributed by atoms with van der Waals surface area (Å²) in [5, 5.41) is 13.8. The third-order valence-corrected chi connectivity index (χ3v) is 3.48. The van der Waals surface area contributed by atoms with Crippen LogP contribution in [0.2, 0.25) is 0 Å². The summed E-state index contributed by atoms with van der Waals surface area (Å²) in [5.41, 5.74) is 5.08. The van der Waals surface area contributed by atoms with Crippen LogP contribution in [-0.4, -0.2) is 41.4 Å². The number of benzene rings is 1. The monoisotopic (exact) mass is 263 g/mol. The molecule has 1 saturated heterocycles. The molecular weight excluding hydrogens is 245 g/mol. The maximum atomic E-state index is 13.2. The molecule has 1 fully saturated rings. The molecule has 6 heteroatoms. The van der Waals surface area contributed by atoms with Gasteiger partial charge in [0.15, 0.2) is 0 Å². The maximum Gasteiger partial charge on any atom is 0.125 e. The fraction of sp³-hybridized carbons (Fsp3) is 0.462. The van der Waals surface area contributed by atoms with E-state index in [4.69, 9.17) is 0 Å². The van der Waals surface area contributed by atoms with E-state index in [1.807, 2.05) is 0 Å². The lowest BCUT2D eigenvalue weighted by Gasteiger charge is -2.35. The molecule has 2 aromatic rings. The van der Waals surface area contributed by atoms with Crippen molar-refractivity contribution in [2.24, 2.45) is 0 Å². The first kappa shape index (κ1) is 12.5. The quantitative estimate of drug-likeness (QED) is 0.778. The largest absolute Gasteiger partial charge is 0.313 e. The zero-order valence-electron chi connectivity index (χ0n) is 10.9. The minimum absolute atomic E-state index is 0.184. The second kappa shape index (κ2) is 5.24. The highest BCUT2D eigenvalue weighted by atomic mass is 19.1. The molecule has 0 saturated carbocycles. The molecule has 1 aromatic heterocycles. The third-order valence-electron chi connectivity index (χ3n) is 3.48. The zero-order valence-corrected chi connectivity index (χ0v) is 10.9. The van der Waals surface area contributed by atoms with Crippen LogP contribution in [0.1, 0.15) is 18.7 Å². The first-order valence-corrected chi connectivity index (χ1v) is 6.64. The van der Waals surface area contributed by atoms with E-state index in [0.29, 0.717) is 5.52 Å².